The highest BCUT2D eigenvalue weighted by molar-refractivity contribution is 5.70. The van der Waals surface area contributed by atoms with Gasteiger partial charge in [0.1, 0.15) is 0 Å². The zero-order chi connectivity index (χ0) is 15.7. The van der Waals surface area contributed by atoms with Crippen molar-refractivity contribution in [3.63, 3.8) is 0 Å². The maximum Gasteiger partial charge on any atom is 0.235 e. The molecule has 1 aromatic rings. The van der Waals surface area contributed by atoms with E-state index in [0.717, 1.165) is 0 Å². The van der Waals surface area contributed by atoms with E-state index in [-0.39, 0.29) is 13.1 Å². The number of phenols is 6. The van der Waals surface area contributed by atoms with Gasteiger partial charge in [-0.15, -0.1) is 0 Å². The minimum atomic E-state index is -1.09. The molecule has 0 atom stereocenters. The van der Waals surface area contributed by atoms with Crippen molar-refractivity contribution in [2.75, 3.05) is 13.1 Å². The van der Waals surface area contributed by atoms with Gasteiger partial charge in [-0.1, -0.05) is 0 Å². The third-order valence-electron chi connectivity index (χ3n) is 1.80. The Bertz CT molecular complexity index is 450. The molecule has 0 radical (unpaired) electrons. The molecule has 108 valence electrons. The monoisotopic (exact) mass is 286 g/mol. The summed E-state index contributed by atoms with van der Waals surface area (Å²) in [5.41, 5.74) is 0. The lowest BCUT2D eigenvalue weighted by molar-refractivity contribution is 0.303. The molecule has 1 rings (SSSR count). The van der Waals surface area contributed by atoms with E-state index < -0.39 is 34.5 Å². The van der Waals surface area contributed by atoms with E-state index in [1.165, 1.54) is 12.2 Å². The summed E-state index contributed by atoms with van der Waals surface area (Å²) in [6, 6.07) is 0. The van der Waals surface area contributed by atoms with Crippen molar-refractivity contribution in [2.45, 2.75) is 0 Å². The zero-order valence-corrected chi connectivity index (χ0v) is 9.81. The lowest BCUT2D eigenvalue weighted by Gasteiger charge is -2.06. The molecule has 0 aliphatic rings. The number of rotatable bonds is 3. The van der Waals surface area contributed by atoms with Crippen molar-refractivity contribution in [1.82, 2.24) is 0 Å². The van der Waals surface area contributed by atoms with Gasteiger partial charge in [0, 0.05) is 0 Å². The molecule has 0 aliphatic carbocycles. The van der Waals surface area contributed by atoms with Crippen LogP contribution in [-0.2, 0) is 9.59 Å². The van der Waals surface area contributed by atoms with Gasteiger partial charge in [0.05, 0.1) is 13.1 Å². The van der Waals surface area contributed by atoms with Crippen LogP contribution in [0.1, 0.15) is 0 Å². The quantitative estimate of drug-likeness (QED) is 0.142. The molecule has 0 bridgehead atoms. The van der Waals surface area contributed by atoms with Gasteiger partial charge in [-0.3, -0.25) is 0 Å². The molecule has 0 unspecified atom stereocenters. The summed E-state index contributed by atoms with van der Waals surface area (Å²) < 4.78 is 0. The number of nitrogens with zero attached hydrogens (tertiary/aromatic N) is 2. The standard InChI is InChI=1S/C6H6O6.C4H4N2O2/c7-1-2(8)4(10)6(12)5(11)3(1)9;7-3-5-1-2-6-4-8/h7-12H;1-2H2. The van der Waals surface area contributed by atoms with E-state index in [0.29, 0.717) is 0 Å². The number of hydrogen-bond acceptors (Lipinski definition) is 10. The summed E-state index contributed by atoms with van der Waals surface area (Å²) in [6.07, 6.45) is 2.62. The van der Waals surface area contributed by atoms with Crippen LogP contribution >= 0.6 is 0 Å². The highest BCUT2D eigenvalue weighted by Gasteiger charge is 2.22. The predicted molar refractivity (Wildman–Crippen MR) is 62.4 cm³/mol. The minimum absolute atomic E-state index is 0.221. The first-order chi connectivity index (χ1) is 9.38. The lowest BCUT2D eigenvalue weighted by atomic mass is 10.2. The van der Waals surface area contributed by atoms with Crippen molar-refractivity contribution in [3.05, 3.63) is 0 Å². The van der Waals surface area contributed by atoms with E-state index in [9.17, 15) is 9.59 Å². The van der Waals surface area contributed by atoms with Crippen LogP contribution in [0.3, 0.4) is 0 Å². The fourth-order valence-corrected chi connectivity index (χ4v) is 0.864. The topological polar surface area (TPSA) is 180 Å². The number of aromatic hydroxyl groups is 6. The van der Waals surface area contributed by atoms with Crippen LogP contribution in [0.2, 0.25) is 0 Å². The molecule has 10 heteroatoms. The molecule has 0 saturated heterocycles. The molecule has 1 aromatic carbocycles. The van der Waals surface area contributed by atoms with E-state index in [1.807, 2.05) is 0 Å². The lowest BCUT2D eigenvalue weighted by Crippen LogP contribution is -1.82. The summed E-state index contributed by atoms with van der Waals surface area (Å²) >= 11 is 0. The third kappa shape index (κ3) is 4.22. The van der Waals surface area contributed by atoms with Gasteiger partial charge < -0.3 is 30.6 Å². The number of aliphatic imine (C=N–C) groups is 2. The van der Waals surface area contributed by atoms with Crippen LogP contribution < -0.4 is 0 Å². The van der Waals surface area contributed by atoms with Gasteiger partial charge in [0.2, 0.25) is 46.7 Å². The average Bonchev–Trinajstić information content (AvgIpc) is 2.46. The van der Waals surface area contributed by atoms with Crippen LogP contribution in [0.15, 0.2) is 9.98 Å². The minimum Gasteiger partial charge on any atom is -0.502 e. The molecule has 20 heavy (non-hydrogen) atoms. The number of phenolic OH excluding ortho intramolecular Hbond substituents is 6. The molecular formula is C10H10N2O8. The Morgan fingerprint density at radius 3 is 0.950 bits per heavy atom. The van der Waals surface area contributed by atoms with E-state index >= 15 is 0 Å². The first kappa shape index (κ1) is 16.8. The molecule has 0 aliphatic heterocycles. The highest BCUT2D eigenvalue weighted by Crippen LogP contribution is 2.54. The van der Waals surface area contributed by atoms with Crippen LogP contribution in [0.25, 0.3) is 0 Å². The first-order valence-electron chi connectivity index (χ1n) is 4.83. The Kier molecular flexibility index (Phi) is 6.70. The number of isocyanates is 2. The smallest absolute Gasteiger partial charge is 0.235 e. The molecule has 10 nitrogen and oxygen atoms in total. The van der Waals surface area contributed by atoms with Crippen molar-refractivity contribution in [3.8, 4) is 34.5 Å². The van der Waals surface area contributed by atoms with Crippen molar-refractivity contribution < 1.29 is 40.2 Å². The van der Waals surface area contributed by atoms with Gasteiger partial charge in [0.25, 0.3) is 0 Å². The molecule has 6 N–H and O–H groups in total. The Labute approximate surface area is 111 Å². The Morgan fingerprint density at radius 1 is 0.600 bits per heavy atom. The summed E-state index contributed by atoms with van der Waals surface area (Å²) in [7, 11) is 0. The number of carbonyl (C=O) groups excluding carboxylic acids is 2. The van der Waals surface area contributed by atoms with Crippen LogP contribution in [0.4, 0.5) is 0 Å². The van der Waals surface area contributed by atoms with Crippen LogP contribution in [0.5, 0.6) is 34.5 Å². The predicted octanol–water partition coefficient (Wildman–Crippen LogP) is -0.422. The maximum atomic E-state index is 9.34. The molecular weight excluding hydrogens is 276 g/mol. The summed E-state index contributed by atoms with van der Waals surface area (Å²) in [4.78, 5) is 24.9. The number of benzene rings is 1. The first-order valence-corrected chi connectivity index (χ1v) is 4.83. The van der Waals surface area contributed by atoms with Crippen molar-refractivity contribution in [2.24, 2.45) is 9.98 Å². The van der Waals surface area contributed by atoms with Gasteiger partial charge in [0.15, 0.2) is 0 Å². The Morgan fingerprint density at radius 2 is 0.800 bits per heavy atom. The second-order valence-electron chi connectivity index (χ2n) is 3.04. The van der Waals surface area contributed by atoms with Crippen molar-refractivity contribution >= 4 is 12.2 Å². The average molecular weight is 286 g/mol. The van der Waals surface area contributed by atoms with E-state index in [4.69, 9.17) is 30.6 Å². The summed E-state index contributed by atoms with van der Waals surface area (Å²) in [5.74, 6) is -6.57. The number of hydrogen-bond donors (Lipinski definition) is 6. The van der Waals surface area contributed by atoms with Gasteiger partial charge in [-0.25, -0.2) is 19.6 Å². The third-order valence-corrected chi connectivity index (χ3v) is 1.80. The van der Waals surface area contributed by atoms with E-state index in [1.54, 1.807) is 0 Å². The van der Waals surface area contributed by atoms with E-state index in [2.05, 4.69) is 9.98 Å². The second-order valence-corrected chi connectivity index (χ2v) is 3.04. The SMILES string of the molecule is O=C=NCCN=C=O.Oc1c(O)c(O)c(O)c(O)c1O. The molecule has 0 heterocycles. The largest absolute Gasteiger partial charge is 0.502 e. The molecule has 0 amide bonds. The van der Waals surface area contributed by atoms with Crippen molar-refractivity contribution in [1.29, 1.82) is 0 Å². The second kappa shape index (κ2) is 7.98. The van der Waals surface area contributed by atoms with Crippen LogP contribution in [0, 0.1) is 0 Å². The molecule has 0 aromatic heterocycles. The molecule has 0 spiro atoms. The molecule has 0 saturated carbocycles. The van der Waals surface area contributed by atoms with Gasteiger partial charge in [-0.2, -0.15) is 0 Å². The fourth-order valence-electron chi connectivity index (χ4n) is 0.864. The van der Waals surface area contributed by atoms with Crippen LogP contribution in [-0.4, -0.2) is 55.9 Å². The maximum absolute atomic E-state index is 9.34. The zero-order valence-electron chi connectivity index (χ0n) is 9.81. The molecule has 0 fully saturated rings. The summed E-state index contributed by atoms with van der Waals surface area (Å²) in [5, 5.41) is 52.6. The Hall–Kier alpha value is -3.22. The normalized spacial score (nSPS) is 8.60. The fraction of sp³-hybridized carbons (Fsp3) is 0.200. The van der Waals surface area contributed by atoms with Gasteiger partial charge in [-0.05, 0) is 0 Å². The summed E-state index contributed by atoms with van der Waals surface area (Å²) in [6.45, 7) is 0.442. The Balaban J connectivity index is 0.000000396. The van der Waals surface area contributed by atoms with Gasteiger partial charge >= 0.3 is 0 Å². The highest BCUT2D eigenvalue weighted by atomic mass is 16.4.